The fourth-order valence-electron chi connectivity index (χ4n) is 3.55. The fourth-order valence-corrected chi connectivity index (χ4v) is 3.55. The van der Waals surface area contributed by atoms with Gasteiger partial charge in [-0.15, -0.1) is 0 Å². The number of ether oxygens (including phenoxy) is 1. The molecule has 0 aliphatic heterocycles. The van der Waals surface area contributed by atoms with Gasteiger partial charge in [0, 0.05) is 5.69 Å². The van der Waals surface area contributed by atoms with E-state index in [4.69, 9.17) is 4.74 Å². The van der Waals surface area contributed by atoms with Crippen LogP contribution in [0, 0.1) is 0 Å². The number of benzene rings is 4. The Morgan fingerprint density at radius 2 is 1.24 bits per heavy atom. The molecule has 0 unspecified atom stereocenters. The van der Waals surface area contributed by atoms with Crippen LogP contribution in [0.15, 0.2) is 103 Å². The highest BCUT2D eigenvalue weighted by Crippen LogP contribution is 2.26. The maximum atomic E-state index is 12.4. The highest BCUT2D eigenvalue weighted by Gasteiger charge is 2.13. The Morgan fingerprint density at radius 1 is 0.697 bits per heavy atom. The molecule has 164 valence electrons. The summed E-state index contributed by atoms with van der Waals surface area (Å²) in [5.74, 6) is -0.977. The first kappa shape index (κ1) is 21.8. The second kappa shape index (κ2) is 10.3. The van der Waals surface area contributed by atoms with Crippen molar-refractivity contribution in [3.05, 3.63) is 114 Å². The number of aliphatic carboxylic acids is 1. The number of hydrogen-bond acceptors (Lipinski definition) is 3. The van der Waals surface area contributed by atoms with Crippen LogP contribution >= 0.6 is 0 Å². The molecule has 0 fully saturated rings. The van der Waals surface area contributed by atoms with Crippen molar-refractivity contribution < 1.29 is 19.4 Å². The standard InChI is InChI=1S/C28H23NO4/c30-27(31)18-25-17-24(22-9-5-2-6-10-22)15-16-26(25)29-28(32)33-19-20-11-13-23(14-12-20)21-7-3-1-4-8-21/h1-17H,18-19H2,(H,29,32)(H,30,31). The number of nitrogens with one attached hydrogen (secondary N) is 1. The van der Waals surface area contributed by atoms with Crippen LogP contribution in [0.5, 0.6) is 0 Å². The number of carbonyl (C=O) groups excluding carboxylic acids is 1. The lowest BCUT2D eigenvalue weighted by Crippen LogP contribution is -2.15. The quantitative estimate of drug-likeness (QED) is 0.351. The summed E-state index contributed by atoms with van der Waals surface area (Å²) in [6, 6.07) is 32.8. The van der Waals surface area contributed by atoms with Crippen LogP contribution in [0.3, 0.4) is 0 Å². The molecule has 0 bridgehead atoms. The zero-order chi connectivity index (χ0) is 23.0. The van der Waals surface area contributed by atoms with Crippen LogP contribution in [-0.2, 0) is 22.6 Å². The first-order chi connectivity index (χ1) is 16.1. The number of hydrogen-bond donors (Lipinski definition) is 2. The minimum atomic E-state index is -0.977. The summed E-state index contributed by atoms with van der Waals surface area (Å²) < 4.78 is 5.35. The molecule has 5 nitrogen and oxygen atoms in total. The highest BCUT2D eigenvalue weighted by atomic mass is 16.5. The Hall–Kier alpha value is -4.38. The van der Waals surface area contributed by atoms with Crippen molar-refractivity contribution >= 4 is 17.7 Å². The molecule has 4 aromatic rings. The average Bonchev–Trinajstić information content (AvgIpc) is 2.85. The van der Waals surface area contributed by atoms with Crippen LogP contribution in [0.25, 0.3) is 22.3 Å². The van der Waals surface area contributed by atoms with E-state index in [9.17, 15) is 14.7 Å². The molecule has 4 rings (SSSR count). The van der Waals surface area contributed by atoms with Crippen molar-refractivity contribution in [2.24, 2.45) is 0 Å². The zero-order valence-corrected chi connectivity index (χ0v) is 17.9. The summed E-state index contributed by atoms with van der Waals surface area (Å²) in [5.41, 5.74) is 5.83. The normalized spacial score (nSPS) is 10.4. The Balaban J connectivity index is 1.42. The van der Waals surface area contributed by atoms with Crippen LogP contribution < -0.4 is 5.32 Å². The molecule has 2 N–H and O–H groups in total. The van der Waals surface area contributed by atoms with Gasteiger partial charge >= 0.3 is 12.1 Å². The maximum absolute atomic E-state index is 12.4. The van der Waals surface area contributed by atoms with Crippen molar-refractivity contribution in [2.45, 2.75) is 13.0 Å². The van der Waals surface area contributed by atoms with Gasteiger partial charge < -0.3 is 9.84 Å². The fraction of sp³-hybridized carbons (Fsp3) is 0.0714. The first-order valence-electron chi connectivity index (χ1n) is 10.6. The van der Waals surface area contributed by atoms with Crippen molar-refractivity contribution in [1.82, 2.24) is 0 Å². The Labute approximate surface area is 192 Å². The monoisotopic (exact) mass is 437 g/mol. The van der Waals surface area contributed by atoms with E-state index in [0.717, 1.165) is 27.8 Å². The summed E-state index contributed by atoms with van der Waals surface area (Å²) in [6.45, 7) is 0.108. The van der Waals surface area contributed by atoms with Crippen molar-refractivity contribution in [2.75, 3.05) is 5.32 Å². The van der Waals surface area contributed by atoms with Crippen LogP contribution in [0.4, 0.5) is 10.5 Å². The number of carboxylic acid groups (broad SMARTS) is 1. The van der Waals surface area contributed by atoms with Crippen molar-refractivity contribution in [3.8, 4) is 22.3 Å². The number of carboxylic acids is 1. The molecule has 1 amide bonds. The van der Waals surface area contributed by atoms with E-state index in [1.54, 1.807) is 12.1 Å². The minimum Gasteiger partial charge on any atom is -0.481 e. The van der Waals surface area contributed by atoms with Gasteiger partial charge in [0.1, 0.15) is 6.61 Å². The van der Waals surface area contributed by atoms with Gasteiger partial charge in [0.2, 0.25) is 0 Å². The van der Waals surface area contributed by atoms with E-state index in [-0.39, 0.29) is 13.0 Å². The lowest BCUT2D eigenvalue weighted by molar-refractivity contribution is -0.136. The third-order valence-corrected chi connectivity index (χ3v) is 5.22. The van der Waals surface area contributed by atoms with E-state index in [1.807, 2.05) is 91.0 Å². The van der Waals surface area contributed by atoms with Gasteiger partial charge in [-0.05, 0) is 45.5 Å². The second-order valence-electron chi connectivity index (χ2n) is 7.57. The van der Waals surface area contributed by atoms with E-state index < -0.39 is 12.1 Å². The number of anilines is 1. The number of carbonyl (C=O) groups is 2. The molecule has 0 aliphatic rings. The molecule has 0 aromatic heterocycles. The Morgan fingerprint density at radius 3 is 1.85 bits per heavy atom. The Kier molecular flexibility index (Phi) is 6.81. The van der Waals surface area contributed by atoms with Gasteiger partial charge in [0.25, 0.3) is 0 Å². The molecule has 0 radical (unpaired) electrons. The third-order valence-electron chi connectivity index (χ3n) is 5.22. The smallest absolute Gasteiger partial charge is 0.411 e. The highest BCUT2D eigenvalue weighted by molar-refractivity contribution is 5.88. The average molecular weight is 437 g/mol. The number of rotatable bonds is 7. The van der Waals surface area contributed by atoms with Gasteiger partial charge in [0.05, 0.1) is 6.42 Å². The second-order valence-corrected chi connectivity index (χ2v) is 7.57. The molecule has 4 aromatic carbocycles. The summed E-state index contributed by atoms with van der Waals surface area (Å²) in [6.07, 6.45) is -0.849. The lowest BCUT2D eigenvalue weighted by atomic mass is 10.0. The predicted molar refractivity (Wildman–Crippen MR) is 129 cm³/mol. The predicted octanol–water partition coefficient (Wildman–Crippen LogP) is 6.40. The topological polar surface area (TPSA) is 75.6 Å². The van der Waals surface area contributed by atoms with Crippen LogP contribution in [0.1, 0.15) is 11.1 Å². The van der Waals surface area contributed by atoms with Gasteiger partial charge in [-0.3, -0.25) is 10.1 Å². The zero-order valence-electron chi connectivity index (χ0n) is 17.9. The van der Waals surface area contributed by atoms with Crippen molar-refractivity contribution in [1.29, 1.82) is 0 Å². The molecule has 0 atom stereocenters. The van der Waals surface area contributed by atoms with E-state index in [0.29, 0.717) is 11.3 Å². The largest absolute Gasteiger partial charge is 0.481 e. The minimum absolute atomic E-state index is 0.108. The molecule has 0 aliphatic carbocycles. The van der Waals surface area contributed by atoms with E-state index in [2.05, 4.69) is 5.32 Å². The number of amides is 1. The molecular weight excluding hydrogens is 414 g/mol. The summed E-state index contributed by atoms with van der Waals surface area (Å²) in [5, 5.41) is 12.0. The molecule has 0 saturated carbocycles. The SMILES string of the molecule is O=C(O)Cc1cc(-c2ccccc2)ccc1NC(=O)OCc1ccc(-c2ccccc2)cc1. The molecule has 0 heterocycles. The molecule has 33 heavy (non-hydrogen) atoms. The van der Waals surface area contributed by atoms with Gasteiger partial charge in [-0.1, -0.05) is 91.0 Å². The summed E-state index contributed by atoms with van der Waals surface area (Å²) >= 11 is 0. The molecule has 5 heteroatoms. The first-order valence-corrected chi connectivity index (χ1v) is 10.6. The van der Waals surface area contributed by atoms with E-state index in [1.165, 1.54) is 0 Å². The Bertz CT molecular complexity index is 1240. The van der Waals surface area contributed by atoms with Gasteiger partial charge in [-0.2, -0.15) is 0 Å². The summed E-state index contributed by atoms with van der Waals surface area (Å²) in [4.78, 5) is 23.7. The maximum Gasteiger partial charge on any atom is 0.411 e. The van der Waals surface area contributed by atoms with Gasteiger partial charge in [0.15, 0.2) is 0 Å². The van der Waals surface area contributed by atoms with Crippen molar-refractivity contribution in [3.63, 3.8) is 0 Å². The molecular formula is C28H23NO4. The van der Waals surface area contributed by atoms with Crippen LogP contribution in [0.2, 0.25) is 0 Å². The summed E-state index contributed by atoms with van der Waals surface area (Å²) in [7, 11) is 0. The lowest BCUT2D eigenvalue weighted by Gasteiger charge is -2.13. The molecule has 0 saturated heterocycles. The van der Waals surface area contributed by atoms with E-state index >= 15 is 0 Å². The third kappa shape index (κ3) is 5.86. The molecule has 0 spiro atoms. The van der Waals surface area contributed by atoms with Crippen LogP contribution in [-0.4, -0.2) is 17.2 Å². The van der Waals surface area contributed by atoms with Gasteiger partial charge in [-0.25, -0.2) is 4.79 Å².